The summed E-state index contributed by atoms with van der Waals surface area (Å²) in [5.74, 6) is -0.886. The summed E-state index contributed by atoms with van der Waals surface area (Å²) in [6.07, 6.45) is 0.622. The van der Waals surface area contributed by atoms with Crippen LogP contribution in [0.3, 0.4) is 0 Å². The zero-order valence-electron chi connectivity index (χ0n) is 14.4. The van der Waals surface area contributed by atoms with Gasteiger partial charge in [-0.15, -0.1) is 0 Å². The molecule has 0 aromatic heterocycles. The number of halogens is 2. The fourth-order valence-electron chi connectivity index (χ4n) is 2.83. The largest absolute Gasteiger partial charge is 0.325 e. The van der Waals surface area contributed by atoms with Gasteiger partial charge in [0.05, 0.1) is 6.54 Å². The maximum Gasteiger partial charge on any atom is 0.282 e. The molecule has 1 aliphatic heterocycles. The van der Waals surface area contributed by atoms with E-state index in [2.05, 4.69) is 5.32 Å². The minimum atomic E-state index is -3.75. The molecule has 1 saturated heterocycles. The molecule has 0 unspecified atom stereocenters. The van der Waals surface area contributed by atoms with Crippen LogP contribution in [0.4, 0.5) is 10.1 Å². The lowest BCUT2D eigenvalue weighted by Gasteiger charge is -2.34. The fraction of sp³-hybridized carbons (Fsp3) is 0.278. The average molecular weight is 412 g/mol. The molecule has 6 nitrogen and oxygen atoms in total. The molecule has 3 rings (SSSR count). The zero-order chi connectivity index (χ0) is 19.4. The van der Waals surface area contributed by atoms with Gasteiger partial charge in [-0.2, -0.15) is 17.0 Å². The van der Waals surface area contributed by atoms with Crippen LogP contribution < -0.4 is 5.32 Å². The normalized spacial score (nSPS) is 17.6. The highest BCUT2D eigenvalue weighted by Crippen LogP contribution is 2.20. The SMILES string of the molecule is O=C(CN1CCCN(Cc2ccc(Cl)cc2)S1(=O)=O)Nc1ccc(F)cc1. The van der Waals surface area contributed by atoms with Crippen molar-refractivity contribution >= 4 is 33.4 Å². The topological polar surface area (TPSA) is 69.7 Å². The molecule has 1 heterocycles. The number of nitrogens with one attached hydrogen (secondary N) is 1. The number of carbonyl (C=O) groups is 1. The highest BCUT2D eigenvalue weighted by molar-refractivity contribution is 7.86. The molecule has 0 radical (unpaired) electrons. The van der Waals surface area contributed by atoms with Gasteiger partial charge in [0.1, 0.15) is 5.82 Å². The van der Waals surface area contributed by atoms with E-state index in [4.69, 9.17) is 11.6 Å². The minimum Gasteiger partial charge on any atom is -0.325 e. The van der Waals surface area contributed by atoms with Crippen molar-refractivity contribution in [2.24, 2.45) is 0 Å². The lowest BCUT2D eigenvalue weighted by atomic mass is 10.2. The predicted molar refractivity (Wildman–Crippen MR) is 102 cm³/mol. The molecule has 1 amide bonds. The van der Waals surface area contributed by atoms with Crippen LogP contribution >= 0.6 is 11.6 Å². The Morgan fingerprint density at radius 2 is 1.67 bits per heavy atom. The molecular formula is C18H19ClFN3O3S. The third-order valence-corrected chi connectivity index (χ3v) is 6.37. The lowest BCUT2D eigenvalue weighted by Crippen LogP contribution is -2.51. The number of carbonyl (C=O) groups excluding carboxylic acids is 1. The molecule has 1 fully saturated rings. The number of nitrogens with zero attached hydrogens (tertiary/aromatic N) is 2. The van der Waals surface area contributed by atoms with Gasteiger partial charge in [-0.25, -0.2) is 4.39 Å². The number of amides is 1. The molecule has 0 bridgehead atoms. The molecular weight excluding hydrogens is 393 g/mol. The van der Waals surface area contributed by atoms with Crippen LogP contribution in [0.1, 0.15) is 12.0 Å². The van der Waals surface area contributed by atoms with Crippen LogP contribution in [-0.4, -0.2) is 42.6 Å². The molecule has 0 saturated carbocycles. The third kappa shape index (κ3) is 5.04. The van der Waals surface area contributed by atoms with Crippen LogP contribution in [0.5, 0.6) is 0 Å². The zero-order valence-corrected chi connectivity index (χ0v) is 16.0. The van der Waals surface area contributed by atoms with Crippen molar-refractivity contribution < 1.29 is 17.6 Å². The maximum absolute atomic E-state index is 12.9. The van der Waals surface area contributed by atoms with Gasteiger partial charge in [0, 0.05) is 30.3 Å². The highest BCUT2D eigenvalue weighted by atomic mass is 35.5. The summed E-state index contributed by atoms with van der Waals surface area (Å²) in [6.45, 7) is 0.587. The molecule has 2 aromatic carbocycles. The van der Waals surface area contributed by atoms with Crippen molar-refractivity contribution in [1.29, 1.82) is 0 Å². The van der Waals surface area contributed by atoms with E-state index in [0.717, 1.165) is 9.87 Å². The van der Waals surface area contributed by atoms with Gasteiger partial charge in [0.15, 0.2) is 0 Å². The van der Waals surface area contributed by atoms with Gasteiger partial charge in [-0.05, 0) is 48.4 Å². The highest BCUT2D eigenvalue weighted by Gasteiger charge is 2.34. The molecule has 0 atom stereocenters. The van der Waals surface area contributed by atoms with Crippen molar-refractivity contribution in [3.05, 3.63) is 64.9 Å². The van der Waals surface area contributed by atoms with E-state index in [9.17, 15) is 17.6 Å². The molecule has 0 spiro atoms. The van der Waals surface area contributed by atoms with Crippen LogP contribution in [-0.2, 0) is 21.5 Å². The van der Waals surface area contributed by atoms with Crippen LogP contribution in [0, 0.1) is 5.82 Å². The number of rotatable bonds is 5. The van der Waals surface area contributed by atoms with Crippen molar-refractivity contribution in [1.82, 2.24) is 8.61 Å². The second-order valence-corrected chi connectivity index (χ2v) is 8.57. The Kier molecular flexibility index (Phi) is 6.11. The van der Waals surface area contributed by atoms with Crippen molar-refractivity contribution in [3.63, 3.8) is 0 Å². The number of anilines is 1. The standard InChI is InChI=1S/C18H19ClFN3O3S/c19-15-4-2-14(3-5-15)12-22-10-1-11-23(27(22,25)26)13-18(24)21-17-8-6-16(20)7-9-17/h2-9H,1,10-13H2,(H,21,24). The maximum atomic E-state index is 12.9. The Labute approximate surface area is 162 Å². The number of benzene rings is 2. The van der Waals surface area contributed by atoms with Crippen LogP contribution in [0.2, 0.25) is 5.02 Å². The van der Waals surface area contributed by atoms with Gasteiger partial charge in [-0.1, -0.05) is 23.7 Å². The summed E-state index contributed by atoms with van der Waals surface area (Å²) in [5.41, 5.74) is 1.23. The monoisotopic (exact) mass is 411 g/mol. The van der Waals surface area contributed by atoms with Gasteiger partial charge in [0.2, 0.25) is 5.91 Å². The van der Waals surface area contributed by atoms with Crippen molar-refractivity contribution in [3.8, 4) is 0 Å². The first-order valence-electron chi connectivity index (χ1n) is 8.40. The third-order valence-electron chi connectivity index (χ3n) is 4.19. The summed E-state index contributed by atoms with van der Waals surface area (Å²) in [6, 6.07) is 12.3. The Hall–Kier alpha value is -2.00. The predicted octanol–water partition coefficient (Wildman–Crippen LogP) is 2.87. The van der Waals surface area contributed by atoms with Crippen molar-refractivity contribution in [2.75, 3.05) is 25.0 Å². The Balaban J connectivity index is 1.65. The smallest absolute Gasteiger partial charge is 0.282 e. The lowest BCUT2D eigenvalue weighted by molar-refractivity contribution is -0.116. The summed E-state index contributed by atoms with van der Waals surface area (Å²) < 4.78 is 41.1. The number of hydrogen-bond acceptors (Lipinski definition) is 3. The summed E-state index contributed by atoms with van der Waals surface area (Å²) in [7, 11) is -3.75. The van der Waals surface area contributed by atoms with Crippen LogP contribution in [0.25, 0.3) is 0 Å². The van der Waals surface area contributed by atoms with E-state index in [0.29, 0.717) is 23.7 Å². The molecule has 2 aromatic rings. The Bertz CT molecular complexity index is 904. The summed E-state index contributed by atoms with van der Waals surface area (Å²) >= 11 is 5.86. The first-order valence-corrected chi connectivity index (χ1v) is 10.2. The number of hydrogen-bond donors (Lipinski definition) is 1. The second-order valence-electron chi connectivity index (χ2n) is 6.21. The molecule has 0 aliphatic carbocycles. The van der Waals surface area contributed by atoms with Crippen molar-refractivity contribution in [2.45, 2.75) is 13.0 Å². The first-order chi connectivity index (χ1) is 12.8. The molecule has 144 valence electrons. The van der Waals surface area contributed by atoms with E-state index in [1.165, 1.54) is 28.6 Å². The van der Waals surface area contributed by atoms with Crippen LogP contribution in [0.15, 0.2) is 48.5 Å². The molecule has 1 N–H and O–H groups in total. The van der Waals surface area contributed by atoms with E-state index in [-0.39, 0.29) is 19.6 Å². The molecule has 1 aliphatic rings. The van der Waals surface area contributed by atoms with Gasteiger partial charge < -0.3 is 5.32 Å². The average Bonchev–Trinajstić information content (AvgIpc) is 2.62. The van der Waals surface area contributed by atoms with E-state index in [1.807, 2.05) is 0 Å². The van der Waals surface area contributed by atoms with E-state index >= 15 is 0 Å². The van der Waals surface area contributed by atoms with Gasteiger partial charge in [-0.3, -0.25) is 4.79 Å². The Morgan fingerprint density at radius 3 is 2.33 bits per heavy atom. The summed E-state index contributed by atoms with van der Waals surface area (Å²) in [4.78, 5) is 12.2. The summed E-state index contributed by atoms with van der Waals surface area (Å²) in [5, 5.41) is 3.16. The first kappa shape index (κ1) is 19.8. The second kappa shape index (κ2) is 8.35. The van der Waals surface area contributed by atoms with E-state index in [1.54, 1.807) is 24.3 Å². The molecule has 9 heteroatoms. The quantitative estimate of drug-likeness (QED) is 0.822. The molecule has 27 heavy (non-hydrogen) atoms. The fourth-order valence-corrected chi connectivity index (χ4v) is 4.59. The van der Waals surface area contributed by atoms with Gasteiger partial charge in [0.25, 0.3) is 10.2 Å². The minimum absolute atomic E-state index is 0.218. The van der Waals surface area contributed by atoms with Gasteiger partial charge >= 0.3 is 0 Å². The Morgan fingerprint density at radius 1 is 1.04 bits per heavy atom. The van der Waals surface area contributed by atoms with E-state index < -0.39 is 21.9 Å².